The molecule has 0 heterocycles. The first kappa shape index (κ1) is 11.4. The summed E-state index contributed by atoms with van der Waals surface area (Å²) in [7, 11) is 0. The first-order chi connectivity index (χ1) is 4.93. The Morgan fingerprint density at radius 3 is 2.36 bits per heavy atom. The molecule has 0 fully saturated rings. The van der Waals surface area contributed by atoms with Crippen LogP contribution in [0.15, 0.2) is 36.4 Å². The normalized spacial score (nSPS) is 9.55. The van der Waals surface area contributed by atoms with Gasteiger partial charge in [-0.1, -0.05) is 58.4 Å². The van der Waals surface area contributed by atoms with Gasteiger partial charge in [0.05, 0.1) is 0 Å². The quantitative estimate of drug-likeness (QED) is 0.522. The van der Waals surface area contributed by atoms with Crippen molar-refractivity contribution in [2.75, 3.05) is 5.33 Å². The number of alkyl halides is 1. The third kappa shape index (κ3) is 4.74. The summed E-state index contributed by atoms with van der Waals surface area (Å²) >= 11 is 3.32. The van der Waals surface area contributed by atoms with Crippen LogP contribution in [0, 0.1) is 0 Å². The maximum absolute atomic E-state index is 3.32. The van der Waals surface area contributed by atoms with Crippen molar-refractivity contribution in [3.05, 3.63) is 42.0 Å². The second-order valence-corrected chi connectivity index (χ2v) is 2.61. The topological polar surface area (TPSA) is 0 Å². The molecule has 0 spiro atoms. The Hall–Kier alpha value is 0.362. The molecule has 0 aliphatic carbocycles. The molecule has 0 nitrogen and oxygen atoms in total. The third-order valence-electron chi connectivity index (χ3n) is 1.20. The number of halogens is 1. The molecule has 0 aliphatic rings. The van der Waals surface area contributed by atoms with Crippen LogP contribution in [0.25, 0.3) is 6.08 Å². The van der Waals surface area contributed by atoms with Gasteiger partial charge in [-0.25, -0.2) is 0 Å². The van der Waals surface area contributed by atoms with Gasteiger partial charge in [-0.3, -0.25) is 0 Å². The van der Waals surface area contributed by atoms with E-state index in [1.165, 1.54) is 5.56 Å². The molecule has 0 N–H and O–H groups in total. The Balaban J connectivity index is 0.000001000. The molecule has 0 saturated carbocycles. The summed E-state index contributed by atoms with van der Waals surface area (Å²) in [6, 6.07) is 10.3. The zero-order chi connectivity index (χ0) is 7.23. The van der Waals surface area contributed by atoms with E-state index in [4.69, 9.17) is 0 Å². The van der Waals surface area contributed by atoms with Crippen LogP contribution in [0.5, 0.6) is 0 Å². The van der Waals surface area contributed by atoms with Gasteiger partial charge >= 0.3 is 27.3 Å². The first-order valence-electron chi connectivity index (χ1n) is 3.21. The van der Waals surface area contributed by atoms with Crippen LogP contribution >= 0.6 is 15.9 Å². The second kappa shape index (κ2) is 7.04. The van der Waals surface area contributed by atoms with Gasteiger partial charge < -0.3 is 0 Å². The zero-order valence-electron chi connectivity index (χ0n) is 6.33. The SMILES string of the molecule is BrC/C=C/c1ccccc1.[PbH2]. The Bertz CT molecular complexity index is 206. The second-order valence-electron chi connectivity index (χ2n) is 1.97. The third-order valence-corrected chi connectivity index (χ3v) is 1.57. The number of hydrogen-bond acceptors (Lipinski definition) is 0. The van der Waals surface area contributed by atoms with Gasteiger partial charge in [0, 0.05) is 5.33 Å². The molecule has 1 aromatic rings. The van der Waals surface area contributed by atoms with E-state index < -0.39 is 0 Å². The molecular weight excluding hydrogens is 395 g/mol. The number of benzene rings is 1. The average Bonchev–Trinajstić information content (AvgIpc) is 2.03. The number of rotatable bonds is 2. The predicted octanol–water partition coefficient (Wildman–Crippen LogP) is 2.18. The van der Waals surface area contributed by atoms with Crippen LogP contribution in [0.1, 0.15) is 5.56 Å². The summed E-state index contributed by atoms with van der Waals surface area (Å²) in [6.45, 7) is 0. The van der Waals surface area contributed by atoms with Gasteiger partial charge in [0.2, 0.25) is 0 Å². The van der Waals surface area contributed by atoms with Gasteiger partial charge in [-0.2, -0.15) is 0 Å². The van der Waals surface area contributed by atoms with E-state index in [0.29, 0.717) is 0 Å². The van der Waals surface area contributed by atoms with Crippen LogP contribution in [-0.2, 0) is 0 Å². The van der Waals surface area contributed by atoms with Crippen molar-refractivity contribution in [1.29, 1.82) is 0 Å². The Labute approximate surface area is 96.0 Å². The van der Waals surface area contributed by atoms with Gasteiger partial charge in [-0.15, -0.1) is 0 Å². The Kier molecular flexibility index (Phi) is 7.27. The van der Waals surface area contributed by atoms with E-state index >= 15 is 0 Å². The minimum atomic E-state index is 0. The summed E-state index contributed by atoms with van der Waals surface area (Å²) in [5, 5.41) is 0.919. The van der Waals surface area contributed by atoms with E-state index in [0.717, 1.165) is 5.33 Å². The predicted molar refractivity (Wildman–Crippen MR) is 57.8 cm³/mol. The molecule has 0 bridgehead atoms. The Morgan fingerprint density at radius 1 is 1.18 bits per heavy atom. The van der Waals surface area contributed by atoms with Crippen LogP contribution < -0.4 is 0 Å². The van der Waals surface area contributed by atoms with E-state index in [1.54, 1.807) is 0 Å². The molecule has 0 saturated heterocycles. The van der Waals surface area contributed by atoms with Crippen molar-refractivity contribution in [3.8, 4) is 0 Å². The molecule has 1 aromatic carbocycles. The van der Waals surface area contributed by atoms with Gasteiger partial charge in [0.15, 0.2) is 0 Å². The summed E-state index contributed by atoms with van der Waals surface area (Å²) in [5.41, 5.74) is 1.25. The summed E-state index contributed by atoms with van der Waals surface area (Å²) < 4.78 is 0. The van der Waals surface area contributed by atoms with E-state index in [9.17, 15) is 0 Å². The monoisotopic (exact) mass is 406 g/mol. The van der Waals surface area contributed by atoms with Crippen molar-refractivity contribution in [2.24, 2.45) is 0 Å². The fourth-order valence-electron chi connectivity index (χ4n) is 0.745. The van der Waals surface area contributed by atoms with Crippen molar-refractivity contribution in [2.45, 2.75) is 0 Å². The molecule has 2 radical (unpaired) electrons. The number of hydrogen-bond donors (Lipinski definition) is 0. The zero-order valence-corrected chi connectivity index (χ0v) is 13.4. The molecule has 11 heavy (non-hydrogen) atoms. The van der Waals surface area contributed by atoms with Crippen LogP contribution in [-0.4, -0.2) is 32.6 Å². The molecule has 0 unspecified atom stereocenters. The van der Waals surface area contributed by atoms with Crippen molar-refractivity contribution >= 4 is 49.3 Å². The minimum absolute atomic E-state index is 0. The Morgan fingerprint density at radius 2 is 1.82 bits per heavy atom. The van der Waals surface area contributed by atoms with Gasteiger partial charge in [0.25, 0.3) is 0 Å². The first-order valence-corrected chi connectivity index (χ1v) is 4.33. The van der Waals surface area contributed by atoms with Crippen molar-refractivity contribution in [1.82, 2.24) is 0 Å². The average molecular weight is 406 g/mol. The van der Waals surface area contributed by atoms with Crippen LogP contribution in [0.3, 0.4) is 0 Å². The maximum atomic E-state index is 3.32. The molecular formula is C9H11BrPb. The van der Waals surface area contributed by atoms with E-state index in [2.05, 4.69) is 40.2 Å². The van der Waals surface area contributed by atoms with Crippen LogP contribution in [0.2, 0.25) is 0 Å². The molecule has 1 rings (SSSR count). The van der Waals surface area contributed by atoms with Gasteiger partial charge in [0.1, 0.15) is 0 Å². The molecule has 0 aliphatic heterocycles. The summed E-state index contributed by atoms with van der Waals surface area (Å²) in [5.74, 6) is 0. The molecule has 0 aromatic heterocycles. The molecule has 0 amide bonds. The van der Waals surface area contributed by atoms with E-state index in [1.807, 2.05) is 18.2 Å². The van der Waals surface area contributed by atoms with E-state index in [-0.39, 0.29) is 27.3 Å². The molecule has 58 valence electrons. The van der Waals surface area contributed by atoms with Crippen molar-refractivity contribution < 1.29 is 0 Å². The molecule has 2 heteroatoms. The van der Waals surface area contributed by atoms with Crippen LogP contribution in [0.4, 0.5) is 0 Å². The number of allylic oxidation sites excluding steroid dienone is 1. The standard InChI is InChI=1S/C9H9Br.Pb.2H/c10-8-4-7-9-5-2-1-3-6-9;;;/h1-7H,8H2;;;/b7-4+;;;. The van der Waals surface area contributed by atoms with Crippen molar-refractivity contribution in [3.63, 3.8) is 0 Å². The fraction of sp³-hybridized carbons (Fsp3) is 0.111. The summed E-state index contributed by atoms with van der Waals surface area (Å²) in [6.07, 6.45) is 4.17. The van der Waals surface area contributed by atoms with Gasteiger partial charge in [-0.05, 0) is 5.56 Å². The molecule has 0 atom stereocenters. The summed E-state index contributed by atoms with van der Waals surface area (Å²) in [4.78, 5) is 0. The fourth-order valence-corrected chi connectivity index (χ4v) is 0.932.